The lowest BCUT2D eigenvalue weighted by molar-refractivity contribution is 0.425. The fourth-order valence-corrected chi connectivity index (χ4v) is 0. The second kappa shape index (κ2) is 2.47. The predicted octanol–water partition coefficient (Wildman–Crippen LogP) is 0.788. The minimum atomic E-state index is -0.0694. The summed E-state index contributed by atoms with van der Waals surface area (Å²) in [6.07, 6.45) is 1.07. The summed E-state index contributed by atoms with van der Waals surface area (Å²) in [5, 5.41) is 7.19. The summed E-state index contributed by atoms with van der Waals surface area (Å²) in [6.45, 7) is 0. The van der Waals surface area contributed by atoms with Crippen LogP contribution in [-0.2, 0) is 0 Å². The van der Waals surface area contributed by atoms with Gasteiger partial charge in [-0.15, -0.1) is 0 Å². The third-order valence-corrected chi connectivity index (χ3v) is 0.0488. The molecule has 0 aromatic heterocycles. The quantitative estimate of drug-likeness (QED) is 0.324. The Morgan fingerprint density at radius 3 is 2.25 bits per heavy atom. The van der Waals surface area contributed by atoms with Gasteiger partial charge < -0.3 is 5.11 Å². The molecule has 0 rings (SSSR count). The first-order chi connectivity index (χ1) is 1.91. The number of halogens is 1. The first-order valence-electron chi connectivity index (χ1n) is 0.730. The molecule has 0 unspecified atom stereocenters. The molecule has 0 aromatic rings. The van der Waals surface area contributed by atoms with Crippen LogP contribution in [0.25, 0.3) is 0 Å². The van der Waals surface area contributed by atoms with Crippen LogP contribution in [0.2, 0.25) is 0 Å². The molecule has 0 aromatic carbocycles. The maximum atomic E-state index is 10.2. The maximum Gasteiger partial charge on any atom is -0.0609 e. The topological polar surface area (TPSA) is 20.2 Å². The lowest BCUT2D eigenvalue weighted by Gasteiger charge is -1.74. The van der Waals surface area contributed by atoms with Crippen molar-refractivity contribution in [3.05, 3.63) is 12.6 Å². The molecule has 0 aliphatic heterocycles. The predicted molar refractivity (Wildman–Crippen MR) is 11.5 cm³/mol. The fourth-order valence-electron chi connectivity index (χ4n) is 0. The van der Waals surface area contributed by atoms with Crippen LogP contribution in [-0.4, -0.2) is 5.11 Å². The van der Waals surface area contributed by atoms with Crippen LogP contribution in [0.1, 0.15) is 0 Å². The molecule has 1 nitrogen and oxygen atoms in total. The van der Waals surface area contributed by atoms with Crippen LogP contribution in [0, 0.1) is 6.26 Å². The maximum absolute atomic E-state index is 10.2. The van der Waals surface area contributed by atoms with Crippen molar-refractivity contribution in [2.45, 2.75) is 0 Å². The Hall–Kier alpha value is -0.530. The zero-order chi connectivity index (χ0) is 3.41. The highest BCUT2D eigenvalue weighted by atomic mass is 19.1. The van der Waals surface area contributed by atoms with E-state index in [0.717, 1.165) is 6.26 Å². The normalized spacial score (nSPS) is 9.25. The van der Waals surface area contributed by atoms with Gasteiger partial charge in [0.15, 0.2) is 0 Å². The van der Waals surface area contributed by atoms with E-state index in [4.69, 9.17) is 5.11 Å². The van der Waals surface area contributed by atoms with Gasteiger partial charge in [-0.25, -0.2) is 0 Å². The molecule has 1 N–H and O–H groups in total. The molecule has 0 saturated carbocycles. The zero-order valence-corrected chi connectivity index (χ0v) is 1.90. The third kappa shape index (κ3) is 1.47. The molecule has 0 heterocycles. The van der Waals surface area contributed by atoms with E-state index in [9.17, 15) is 4.39 Å². The lowest BCUT2D eigenvalue weighted by Crippen LogP contribution is -1.37. The first kappa shape index (κ1) is 3.47. The highest BCUT2D eigenvalue weighted by molar-refractivity contribution is 4.39. The summed E-state index contributed by atoms with van der Waals surface area (Å²) in [4.78, 5) is 0. The van der Waals surface area contributed by atoms with Crippen molar-refractivity contribution < 1.29 is 9.50 Å². The Morgan fingerprint density at radius 2 is 2.25 bits per heavy atom. The minimum Gasteiger partial charge on any atom is -0.703 e. The van der Waals surface area contributed by atoms with Crippen molar-refractivity contribution in [1.29, 1.82) is 0 Å². The van der Waals surface area contributed by atoms with Crippen LogP contribution < -0.4 is 0 Å². The molecule has 4 heavy (non-hydrogen) atoms. The van der Waals surface area contributed by atoms with Crippen molar-refractivity contribution >= 4 is 0 Å². The summed E-state index contributed by atoms with van der Waals surface area (Å²) >= 11 is 0. The largest absolute Gasteiger partial charge is 0.703 e. The van der Waals surface area contributed by atoms with Gasteiger partial charge in [-0.3, -0.25) is 10.7 Å². The average Bonchev–Trinajstić information content (AvgIpc) is 1.37. The van der Waals surface area contributed by atoms with Gasteiger partial charge in [-0.2, -0.15) is 0 Å². The van der Waals surface area contributed by atoms with Gasteiger partial charge in [-0.1, -0.05) is 6.33 Å². The van der Waals surface area contributed by atoms with Gasteiger partial charge in [0.1, 0.15) is 0 Å². The molecule has 2 heteroatoms. The van der Waals surface area contributed by atoms with Crippen LogP contribution in [0.5, 0.6) is 0 Å². The molecular formula is C2H2FO-. The van der Waals surface area contributed by atoms with Crippen molar-refractivity contribution in [3.8, 4) is 0 Å². The van der Waals surface area contributed by atoms with Gasteiger partial charge >= 0.3 is 0 Å². The summed E-state index contributed by atoms with van der Waals surface area (Å²) in [6, 6.07) is 0. The number of aliphatic hydroxyl groups excluding tert-OH is 1. The second-order valence-corrected chi connectivity index (χ2v) is 0.238. The Kier molecular flexibility index (Phi) is 2.14. The summed E-state index contributed by atoms with van der Waals surface area (Å²) in [5.74, 6) is 0. The van der Waals surface area contributed by atoms with Crippen molar-refractivity contribution in [2.75, 3.05) is 0 Å². The lowest BCUT2D eigenvalue weighted by atomic mass is 11.1. The van der Waals surface area contributed by atoms with E-state index in [0.29, 0.717) is 0 Å². The van der Waals surface area contributed by atoms with Gasteiger partial charge in [0.25, 0.3) is 0 Å². The third-order valence-electron chi connectivity index (χ3n) is 0.0488. The Labute approximate surface area is 23.4 Å². The molecule has 0 fully saturated rings. The zero-order valence-electron chi connectivity index (χ0n) is 1.90. The van der Waals surface area contributed by atoms with E-state index < -0.39 is 0 Å². The standard InChI is InChI=1S/C2H2FO/c3-1-2-4/h1,4H/q-1. The molecule has 0 saturated heterocycles. The van der Waals surface area contributed by atoms with Crippen LogP contribution in [0.4, 0.5) is 4.39 Å². The van der Waals surface area contributed by atoms with Gasteiger partial charge in [-0.05, 0) is 0 Å². The van der Waals surface area contributed by atoms with Crippen LogP contribution in [0.3, 0.4) is 0 Å². The van der Waals surface area contributed by atoms with Crippen molar-refractivity contribution in [2.24, 2.45) is 0 Å². The molecule has 0 radical (unpaired) electrons. The number of hydrogen-bond acceptors (Lipinski definition) is 1. The Balaban J connectivity index is 2.55. The van der Waals surface area contributed by atoms with Crippen LogP contribution >= 0.6 is 0 Å². The fraction of sp³-hybridized carbons (Fsp3) is 0. The van der Waals surface area contributed by atoms with Gasteiger partial charge in [0.2, 0.25) is 0 Å². The highest BCUT2D eigenvalue weighted by Gasteiger charge is 1.18. The summed E-state index contributed by atoms with van der Waals surface area (Å²) in [5.41, 5.74) is 0. The van der Waals surface area contributed by atoms with Crippen LogP contribution in [0.15, 0.2) is 6.33 Å². The molecule has 0 amide bonds. The summed E-state index contributed by atoms with van der Waals surface area (Å²) in [7, 11) is 0. The van der Waals surface area contributed by atoms with E-state index >= 15 is 0 Å². The Morgan fingerprint density at radius 1 is 2.00 bits per heavy atom. The van der Waals surface area contributed by atoms with E-state index in [1.54, 1.807) is 0 Å². The number of hydrogen-bond donors (Lipinski definition) is 1. The number of aliphatic hydroxyl groups is 1. The molecule has 0 atom stereocenters. The van der Waals surface area contributed by atoms with E-state index in [-0.39, 0.29) is 6.33 Å². The monoisotopic (exact) mass is 61.0 g/mol. The highest BCUT2D eigenvalue weighted by Crippen LogP contribution is 1.56. The van der Waals surface area contributed by atoms with Crippen molar-refractivity contribution in [1.82, 2.24) is 0 Å². The summed E-state index contributed by atoms with van der Waals surface area (Å²) < 4.78 is 10.2. The minimum absolute atomic E-state index is 0.0694. The molecule has 0 aliphatic carbocycles. The van der Waals surface area contributed by atoms with E-state index in [1.807, 2.05) is 0 Å². The van der Waals surface area contributed by atoms with Crippen molar-refractivity contribution in [3.63, 3.8) is 0 Å². The average molecular weight is 61.0 g/mol. The van der Waals surface area contributed by atoms with Gasteiger partial charge in [0, 0.05) is 0 Å². The Bertz CT molecular complexity index is 21.2. The second-order valence-electron chi connectivity index (χ2n) is 0.238. The molecule has 0 aliphatic rings. The first-order valence-corrected chi connectivity index (χ1v) is 0.730. The molecule has 0 spiro atoms. The molecule has 0 bridgehead atoms. The van der Waals surface area contributed by atoms with E-state index in [2.05, 4.69) is 0 Å². The van der Waals surface area contributed by atoms with Gasteiger partial charge in [0.05, 0.1) is 0 Å². The molecule has 24 valence electrons. The molecular weight excluding hydrogens is 59.0 g/mol. The smallest absolute Gasteiger partial charge is 0.0609 e. The number of rotatable bonds is 0. The van der Waals surface area contributed by atoms with E-state index in [1.165, 1.54) is 0 Å². The SMILES string of the molecule is O[C-]=CF.